The average Bonchev–Trinajstić information content (AvgIpc) is 2.41. The van der Waals surface area contributed by atoms with Gasteiger partial charge in [0, 0.05) is 20.2 Å². The first kappa shape index (κ1) is 14.1. The normalized spacial score (nSPS) is 16.7. The fourth-order valence-electron chi connectivity index (χ4n) is 2.42. The van der Waals surface area contributed by atoms with Crippen LogP contribution >= 0.6 is 12.2 Å². The molecule has 0 radical (unpaired) electrons. The molecule has 0 aromatic carbocycles. The van der Waals surface area contributed by atoms with Gasteiger partial charge >= 0.3 is 0 Å². The van der Waals surface area contributed by atoms with Crippen molar-refractivity contribution in [3.05, 3.63) is 16.8 Å². The molecule has 6 heteroatoms. The van der Waals surface area contributed by atoms with Crippen LogP contribution in [0.25, 0.3) is 0 Å². The number of hydrogen-bond donors (Lipinski definition) is 1. The molecule has 0 atom stereocenters. The molecule has 1 aromatic rings. The van der Waals surface area contributed by atoms with E-state index in [0.717, 1.165) is 48.6 Å². The third kappa shape index (κ3) is 2.84. The van der Waals surface area contributed by atoms with Crippen molar-refractivity contribution in [2.45, 2.75) is 32.8 Å². The van der Waals surface area contributed by atoms with E-state index in [4.69, 9.17) is 22.7 Å². The fraction of sp³-hybridized carbons (Fsp3) is 0.615. The van der Waals surface area contributed by atoms with Crippen LogP contribution in [-0.4, -0.2) is 41.5 Å². The van der Waals surface area contributed by atoms with E-state index >= 15 is 0 Å². The van der Waals surface area contributed by atoms with Crippen LogP contribution in [0.4, 0.5) is 5.82 Å². The Morgan fingerprint density at radius 2 is 1.95 bits per heavy atom. The van der Waals surface area contributed by atoms with E-state index in [0.29, 0.717) is 11.1 Å². The molecule has 0 amide bonds. The van der Waals surface area contributed by atoms with Crippen LogP contribution in [0, 0.1) is 13.8 Å². The van der Waals surface area contributed by atoms with Crippen molar-refractivity contribution < 1.29 is 4.74 Å². The minimum absolute atomic E-state index is 0.337. The number of ether oxygens (including phenoxy) is 1. The summed E-state index contributed by atoms with van der Waals surface area (Å²) in [4.78, 5) is 2.59. The van der Waals surface area contributed by atoms with E-state index in [1.807, 2.05) is 13.8 Å². The van der Waals surface area contributed by atoms with Crippen LogP contribution in [-0.2, 0) is 4.74 Å². The molecule has 104 valence electrons. The fourth-order valence-corrected chi connectivity index (χ4v) is 2.66. The summed E-state index contributed by atoms with van der Waals surface area (Å²) in [5, 5.41) is 8.50. The molecular weight excluding hydrogens is 260 g/mol. The topological polar surface area (TPSA) is 64.3 Å². The Kier molecular flexibility index (Phi) is 4.31. The Bertz CT molecular complexity index is 484. The van der Waals surface area contributed by atoms with E-state index in [2.05, 4.69) is 15.1 Å². The molecule has 0 saturated carbocycles. The lowest BCUT2D eigenvalue weighted by molar-refractivity contribution is 0.0817. The molecule has 1 aromatic heterocycles. The predicted molar refractivity (Wildman–Crippen MR) is 79.6 cm³/mol. The molecular formula is C13H20N4OS. The zero-order chi connectivity index (χ0) is 14.0. The van der Waals surface area contributed by atoms with Gasteiger partial charge < -0.3 is 15.4 Å². The van der Waals surface area contributed by atoms with Gasteiger partial charge in [-0.3, -0.25) is 0 Å². The van der Waals surface area contributed by atoms with Crippen molar-refractivity contribution >= 4 is 23.0 Å². The van der Waals surface area contributed by atoms with Crippen LogP contribution < -0.4 is 10.6 Å². The lowest BCUT2D eigenvalue weighted by Crippen LogP contribution is -2.38. The predicted octanol–water partition coefficient (Wildman–Crippen LogP) is 1.34. The molecule has 2 rings (SSSR count). The summed E-state index contributed by atoms with van der Waals surface area (Å²) >= 11 is 5.17. The zero-order valence-corrected chi connectivity index (χ0v) is 12.5. The summed E-state index contributed by atoms with van der Waals surface area (Å²) in [5.74, 6) is 0.810. The van der Waals surface area contributed by atoms with Crippen molar-refractivity contribution in [2.75, 3.05) is 25.1 Å². The Hall–Kier alpha value is -1.27. The lowest BCUT2D eigenvalue weighted by atomic mass is 10.0. The zero-order valence-electron chi connectivity index (χ0n) is 11.6. The number of hydrogen-bond acceptors (Lipinski definition) is 5. The SMILES string of the molecule is COC1CCN(c2nnc(C)c(C)c2C(N)=S)CC1. The van der Waals surface area contributed by atoms with Gasteiger partial charge in [0.1, 0.15) is 4.99 Å². The first-order chi connectivity index (χ1) is 9.04. The monoisotopic (exact) mass is 280 g/mol. The molecule has 0 aliphatic carbocycles. The highest BCUT2D eigenvalue weighted by Gasteiger charge is 2.24. The second-order valence-electron chi connectivity index (χ2n) is 4.90. The first-order valence-corrected chi connectivity index (χ1v) is 6.86. The Labute approximate surface area is 119 Å². The molecule has 2 N–H and O–H groups in total. The van der Waals surface area contributed by atoms with Gasteiger partial charge in [-0.15, -0.1) is 5.10 Å². The summed E-state index contributed by atoms with van der Waals surface area (Å²) in [6, 6.07) is 0. The number of aryl methyl sites for hydroxylation is 1. The molecule has 1 fully saturated rings. The number of nitrogens with two attached hydrogens (primary N) is 1. The highest BCUT2D eigenvalue weighted by atomic mass is 32.1. The number of rotatable bonds is 3. The smallest absolute Gasteiger partial charge is 0.161 e. The number of methoxy groups -OCH3 is 1. The Morgan fingerprint density at radius 3 is 2.47 bits per heavy atom. The summed E-state index contributed by atoms with van der Waals surface area (Å²) in [6.45, 7) is 5.70. The van der Waals surface area contributed by atoms with E-state index < -0.39 is 0 Å². The van der Waals surface area contributed by atoms with Gasteiger partial charge in [0.2, 0.25) is 0 Å². The lowest BCUT2D eigenvalue weighted by Gasteiger charge is -2.33. The van der Waals surface area contributed by atoms with Crippen LogP contribution in [0.1, 0.15) is 29.7 Å². The van der Waals surface area contributed by atoms with Gasteiger partial charge in [0.15, 0.2) is 5.82 Å². The summed E-state index contributed by atoms with van der Waals surface area (Å²) < 4.78 is 5.38. The molecule has 5 nitrogen and oxygen atoms in total. The van der Waals surface area contributed by atoms with E-state index in [1.54, 1.807) is 7.11 Å². The quantitative estimate of drug-likeness (QED) is 0.843. The summed E-state index contributed by atoms with van der Waals surface area (Å²) in [5.41, 5.74) is 8.61. The molecule has 1 aliphatic rings. The number of piperidine rings is 1. The van der Waals surface area contributed by atoms with Crippen molar-refractivity contribution in [3.8, 4) is 0 Å². The minimum Gasteiger partial charge on any atom is -0.389 e. The van der Waals surface area contributed by atoms with Gasteiger partial charge in [-0.05, 0) is 32.3 Å². The molecule has 1 aliphatic heterocycles. The molecule has 1 saturated heterocycles. The van der Waals surface area contributed by atoms with Crippen LogP contribution in [0.2, 0.25) is 0 Å². The van der Waals surface area contributed by atoms with Crippen LogP contribution in [0.5, 0.6) is 0 Å². The van der Waals surface area contributed by atoms with Crippen molar-refractivity contribution in [1.82, 2.24) is 10.2 Å². The van der Waals surface area contributed by atoms with Gasteiger partial charge in [0.25, 0.3) is 0 Å². The number of thiocarbonyl (C=S) groups is 1. The van der Waals surface area contributed by atoms with Gasteiger partial charge in [-0.25, -0.2) is 0 Å². The highest BCUT2D eigenvalue weighted by Crippen LogP contribution is 2.25. The van der Waals surface area contributed by atoms with Gasteiger partial charge in [-0.2, -0.15) is 5.10 Å². The maximum Gasteiger partial charge on any atom is 0.161 e. The van der Waals surface area contributed by atoms with Crippen LogP contribution in [0.3, 0.4) is 0 Å². The van der Waals surface area contributed by atoms with E-state index in [9.17, 15) is 0 Å². The number of nitrogens with zero attached hydrogens (tertiary/aromatic N) is 3. The Morgan fingerprint density at radius 1 is 1.32 bits per heavy atom. The number of aromatic nitrogens is 2. The molecule has 0 spiro atoms. The number of anilines is 1. The summed E-state index contributed by atoms with van der Waals surface area (Å²) in [6.07, 6.45) is 2.31. The maximum absolute atomic E-state index is 5.86. The molecule has 0 unspecified atom stereocenters. The third-order valence-corrected chi connectivity index (χ3v) is 3.96. The van der Waals surface area contributed by atoms with Crippen LogP contribution in [0.15, 0.2) is 0 Å². The van der Waals surface area contributed by atoms with Gasteiger partial charge in [-0.1, -0.05) is 12.2 Å². The minimum atomic E-state index is 0.337. The largest absolute Gasteiger partial charge is 0.389 e. The van der Waals surface area contributed by atoms with E-state index in [-0.39, 0.29) is 0 Å². The second kappa shape index (κ2) is 5.79. The molecule has 2 heterocycles. The van der Waals surface area contributed by atoms with Crippen molar-refractivity contribution in [3.63, 3.8) is 0 Å². The van der Waals surface area contributed by atoms with Crippen molar-refractivity contribution in [1.29, 1.82) is 0 Å². The van der Waals surface area contributed by atoms with E-state index in [1.165, 1.54) is 0 Å². The second-order valence-corrected chi connectivity index (χ2v) is 5.34. The molecule has 0 bridgehead atoms. The third-order valence-electron chi connectivity index (χ3n) is 3.76. The first-order valence-electron chi connectivity index (χ1n) is 6.46. The van der Waals surface area contributed by atoms with Crippen molar-refractivity contribution in [2.24, 2.45) is 5.73 Å². The summed E-state index contributed by atoms with van der Waals surface area (Å²) in [7, 11) is 1.76. The Balaban J connectivity index is 2.30. The van der Waals surface area contributed by atoms with Gasteiger partial charge in [0.05, 0.1) is 17.4 Å². The molecule has 19 heavy (non-hydrogen) atoms. The highest BCUT2D eigenvalue weighted by molar-refractivity contribution is 7.80. The standard InChI is InChI=1S/C13H20N4OS/c1-8-9(2)15-16-13(11(8)12(14)19)17-6-4-10(18-3)5-7-17/h10H,4-7H2,1-3H3,(H2,14,19). The average molecular weight is 280 g/mol. The maximum atomic E-state index is 5.86.